The van der Waals surface area contributed by atoms with Crippen molar-refractivity contribution in [3.63, 3.8) is 0 Å². The van der Waals surface area contributed by atoms with Gasteiger partial charge in [-0.1, -0.05) is 11.2 Å². The summed E-state index contributed by atoms with van der Waals surface area (Å²) in [6.07, 6.45) is 1.64. The van der Waals surface area contributed by atoms with Crippen LogP contribution in [-0.4, -0.2) is 33.9 Å². The van der Waals surface area contributed by atoms with Crippen LogP contribution in [0.2, 0.25) is 0 Å². The molecule has 102 valence electrons. The van der Waals surface area contributed by atoms with Crippen LogP contribution in [0.15, 0.2) is 28.1 Å². The summed E-state index contributed by atoms with van der Waals surface area (Å²) in [7, 11) is 0. The Morgan fingerprint density at radius 2 is 2.26 bits per heavy atom. The first-order chi connectivity index (χ1) is 9.12. The molecule has 0 amide bonds. The van der Waals surface area contributed by atoms with E-state index in [9.17, 15) is 5.11 Å². The van der Waals surface area contributed by atoms with Gasteiger partial charge >= 0.3 is 0 Å². The maximum absolute atomic E-state index is 9.93. The Balaban J connectivity index is 1.62. The monoisotopic (exact) mass is 278 g/mol. The molecule has 0 bridgehead atoms. The van der Waals surface area contributed by atoms with Crippen LogP contribution in [-0.2, 0) is 6.54 Å². The number of thiophene rings is 1. The molecule has 0 atom stereocenters. The molecular weight excluding hydrogens is 260 g/mol. The highest BCUT2D eigenvalue weighted by molar-refractivity contribution is 7.13. The van der Waals surface area contributed by atoms with Gasteiger partial charge in [-0.15, -0.1) is 11.3 Å². The summed E-state index contributed by atoms with van der Waals surface area (Å²) >= 11 is 1.65. The van der Waals surface area contributed by atoms with E-state index in [2.05, 4.69) is 10.1 Å². The SMILES string of the molecule is CC1(O)CCN(Cc2cc(-c3cccs3)on2)CC1. The zero-order valence-corrected chi connectivity index (χ0v) is 11.8. The first-order valence-corrected chi connectivity index (χ1v) is 7.45. The summed E-state index contributed by atoms with van der Waals surface area (Å²) in [5.41, 5.74) is 0.465. The summed E-state index contributed by atoms with van der Waals surface area (Å²) in [5, 5.41) is 16.1. The molecule has 1 saturated heterocycles. The van der Waals surface area contributed by atoms with Crippen molar-refractivity contribution in [2.45, 2.75) is 31.9 Å². The lowest BCUT2D eigenvalue weighted by molar-refractivity contribution is -0.00773. The number of aliphatic hydroxyl groups is 1. The van der Waals surface area contributed by atoms with Crippen molar-refractivity contribution in [1.29, 1.82) is 0 Å². The molecule has 3 rings (SSSR count). The highest BCUT2D eigenvalue weighted by Gasteiger charge is 2.27. The van der Waals surface area contributed by atoms with Crippen LogP contribution in [0.3, 0.4) is 0 Å². The van der Waals surface area contributed by atoms with Gasteiger partial charge in [-0.05, 0) is 31.2 Å². The largest absolute Gasteiger partial charge is 0.390 e. The predicted octanol–water partition coefficient (Wildman–Crippen LogP) is 2.75. The number of hydrogen-bond donors (Lipinski definition) is 1. The molecule has 0 radical (unpaired) electrons. The molecule has 0 saturated carbocycles. The number of aromatic nitrogens is 1. The van der Waals surface area contributed by atoms with Crippen LogP contribution < -0.4 is 0 Å². The highest BCUT2D eigenvalue weighted by Crippen LogP contribution is 2.26. The van der Waals surface area contributed by atoms with E-state index in [4.69, 9.17) is 4.52 Å². The van der Waals surface area contributed by atoms with Gasteiger partial charge in [0.05, 0.1) is 16.2 Å². The molecule has 5 heteroatoms. The first-order valence-electron chi connectivity index (χ1n) is 6.57. The van der Waals surface area contributed by atoms with Gasteiger partial charge in [-0.25, -0.2) is 0 Å². The Hall–Kier alpha value is -1.17. The Morgan fingerprint density at radius 3 is 2.95 bits per heavy atom. The molecule has 1 N–H and O–H groups in total. The van der Waals surface area contributed by atoms with E-state index in [1.54, 1.807) is 11.3 Å². The Kier molecular flexibility index (Phi) is 3.43. The van der Waals surface area contributed by atoms with Crippen LogP contribution in [0, 0.1) is 0 Å². The van der Waals surface area contributed by atoms with Crippen molar-refractivity contribution < 1.29 is 9.63 Å². The number of hydrogen-bond acceptors (Lipinski definition) is 5. The third-order valence-corrected chi connectivity index (χ3v) is 4.53. The number of nitrogens with zero attached hydrogens (tertiary/aromatic N) is 2. The first kappa shape index (κ1) is 12.8. The van der Waals surface area contributed by atoms with Crippen molar-refractivity contribution >= 4 is 11.3 Å². The normalized spacial score (nSPS) is 19.7. The van der Waals surface area contributed by atoms with Gasteiger partial charge in [0.1, 0.15) is 0 Å². The topological polar surface area (TPSA) is 49.5 Å². The van der Waals surface area contributed by atoms with Gasteiger partial charge < -0.3 is 9.63 Å². The van der Waals surface area contributed by atoms with Crippen LogP contribution in [0.1, 0.15) is 25.5 Å². The van der Waals surface area contributed by atoms with Gasteiger partial charge in [-0.3, -0.25) is 4.90 Å². The third kappa shape index (κ3) is 3.05. The second-order valence-corrected chi connectivity index (χ2v) is 6.38. The summed E-state index contributed by atoms with van der Waals surface area (Å²) in [6, 6.07) is 6.06. The van der Waals surface area contributed by atoms with Gasteiger partial charge in [0, 0.05) is 25.7 Å². The fraction of sp³-hybridized carbons (Fsp3) is 0.500. The highest BCUT2D eigenvalue weighted by atomic mass is 32.1. The average Bonchev–Trinajstić information content (AvgIpc) is 3.02. The second kappa shape index (κ2) is 5.07. The molecule has 3 heterocycles. The molecule has 1 aliphatic rings. The Morgan fingerprint density at radius 1 is 1.47 bits per heavy atom. The van der Waals surface area contributed by atoms with Crippen molar-refractivity contribution in [3.8, 4) is 10.6 Å². The summed E-state index contributed by atoms with van der Waals surface area (Å²) in [4.78, 5) is 3.42. The molecular formula is C14H18N2O2S. The lowest BCUT2D eigenvalue weighted by Gasteiger charge is -2.35. The van der Waals surface area contributed by atoms with Crippen molar-refractivity contribution in [2.75, 3.05) is 13.1 Å². The minimum Gasteiger partial charge on any atom is -0.390 e. The summed E-state index contributed by atoms with van der Waals surface area (Å²) in [5.74, 6) is 0.842. The van der Waals surface area contributed by atoms with E-state index >= 15 is 0 Å². The van der Waals surface area contributed by atoms with E-state index in [-0.39, 0.29) is 0 Å². The zero-order valence-electron chi connectivity index (χ0n) is 11.0. The zero-order chi connectivity index (χ0) is 13.3. The minimum absolute atomic E-state index is 0.498. The lowest BCUT2D eigenvalue weighted by Crippen LogP contribution is -2.41. The van der Waals surface area contributed by atoms with Crippen molar-refractivity contribution in [1.82, 2.24) is 10.1 Å². The Labute approximate surface area is 116 Å². The molecule has 19 heavy (non-hydrogen) atoms. The Bertz CT molecular complexity index is 523. The molecule has 0 spiro atoms. The molecule has 0 aromatic carbocycles. The molecule has 1 aliphatic heterocycles. The van der Waals surface area contributed by atoms with Crippen LogP contribution in [0.4, 0.5) is 0 Å². The fourth-order valence-corrected chi connectivity index (χ4v) is 3.02. The molecule has 1 fully saturated rings. The summed E-state index contributed by atoms with van der Waals surface area (Å²) in [6.45, 7) is 4.53. The van der Waals surface area contributed by atoms with Crippen LogP contribution in [0.5, 0.6) is 0 Å². The number of piperidine rings is 1. The van der Waals surface area contributed by atoms with Crippen LogP contribution >= 0.6 is 11.3 Å². The maximum atomic E-state index is 9.93. The number of rotatable bonds is 3. The van der Waals surface area contributed by atoms with Gasteiger partial charge in [0.15, 0.2) is 5.76 Å². The summed E-state index contributed by atoms with van der Waals surface area (Å²) < 4.78 is 5.38. The number of likely N-dealkylation sites (tertiary alicyclic amines) is 1. The minimum atomic E-state index is -0.498. The smallest absolute Gasteiger partial charge is 0.177 e. The van der Waals surface area contributed by atoms with Gasteiger partial charge in [0.25, 0.3) is 0 Å². The lowest BCUT2D eigenvalue weighted by atomic mass is 9.94. The molecule has 0 unspecified atom stereocenters. The second-order valence-electron chi connectivity index (χ2n) is 5.43. The standard InChI is InChI=1S/C14H18N2O2S/c1-14(17)4-6-16(7-5-14)10-11-9-12(18-15-11)13-3-2-8-19-13/h2-3,8-9,17H,4-7,10H2,1H3. The molecule has 4 nitrogen and oxygen atoms in total. The molecule has 2 aromatic heterocycles. The quantitative estimate of drug-likeness (QED) is 0.938. The molecule has 2 aromatic rings. The molecule has 0 aliphatic carbocycles. The predicted molar refractivity (Wildman–Crippen MR) is 75.0 cm³/mol. The van der Waals surface area contributed by atoms with E-state index in [1.807, 2.05) is 30.5 Å². The third-order valence-electron chi connectivity index (χ3n) is 3.64. The van der Waals surface area contributed by atoms with E-state index in [0.717, 1.165) is 48.8 Å². The van der Waals surface area contributed by atoms with E-state index < -0.39 is 5.60 Å². The van der Waals surface area contributed by atoms with Crippen LogP contribution in [0.25, 0.3) is 10.6 Å². The fourth-order valence-electron chi connectivity index (χ4n) is 2.34. The average molecular weight is 278 g/mol. The van der Waals surface area contributed by atoms with E-state index in [0.29, 0.717) is 0 Å². The van der Waals surface area contributed by atoms with Crippen molar-refractivity contribution in [3.05, 3.63) is 29.3 Å². The van der Waals surface area contributed by atoms with Gasteiger partial charge in [0.2, 0.25) is 0 Å². The maximum Gasteiger partial charge on any atom is 0.177 e. The van der Waals surface area contributed by atoms with Gasteiger partial charge in [-0.2, -0.15) is 0 Å². The van der Waals surface area contributed by atoms with Crippen molar-refractivity contribution in [2.24, 2.45) is 0 Å². The van der Waals surface area contributed by atoms with E-state index in [1.165, 1.54) is 0 Å².